The molecule has 1 amide bonds. The summed E-state index contributed by atoms with van der Waals surface area (Å²) < 4.78 is 24.4. The van der Waals surface area contributed by atoms with Crippen molar-refractivity contribution in [2.45, 2.75) is 57.4 Å². The Morgan fingerprint density at radius 3 is 1.83 bits per heavy atom. The predicted octanol–water partition coefficient (Wildman–Crippen LogP) is 3.60. The topological polar surface area (TPSA) is 86.3 Å². The Morgan fingerprint density at radius 2 is 1.31 bits per heavy atom. The van der Waals surface area contributed by atoms with Crippen molar-refractivity contribution in [3.8, 4) is 0 Å². The Kier molecular flexibility index (Phi) is 9.61. The molecule has 2 N–H and O–H groups in total. The van der Waals surface area contributed by atoms with Crippen LogP contribution in [0, 0.1) is 0 Å². The lowest BCUT2D eigenvalue weighted by molar-refractivity contribution is -0.284. The second-order valence-electron chi connectivity index (χ2n) is 8.82. The third-order valence-corrected chi connectivity index (χ3v) is 5.98. The van der Waals surface area contributed by atoms with Gasteiger partial charge in [0.15, 0.2) is 6.29 Å². The second-order valence-corrected chi connectivity index (χ2v) is 8.82. The molecule has 1 heterocycles. The SMILES string of the molecule is CC(=O)NC1C(OCc2ccccc2)OC(COCc2ccccc2)C(O)C1OCc1ccccc1. The first-order valence-corrected chi connectivity index (χ1v) is 12.1. The van der Waals surface area contributed by atoms with E-state index >= 15 is 0 Å². The minimum atomic E-state index is -1.04. The molecule has 7 nitrogen and oxygen atoms in total. The molecule has 4 rings (SSSR count). The first-order valence-electron chi connectivity index (χ1n) is 12.1. The van der Waals surface area contributed by atoms with Crippen LogP contribution < -0.4 is 5.32 Å². The third kappa shape index (κ3) is 7.46. The van der Waals surface area contributed by atoms with E-state index in [4.69, 9.17) is 18.9 Å². The number of benzene rings is 3. The lowest BCUT2D eigenvalue weighted by Crippen LogP contribution is -2.65. The van der Waals surface area contributed by atoms with Crippen molar-refractivity contribution < 1.29 is 28.8 Å². The summed E-state index contributed by atoms with van der Waals surface area (Å²) in [7, 11) is 0. The molecule has 0 aliphatic carbocycles. The van der Waals surface area contributed by atoms with Crippen molar-refractivity contribution in [3.63, 3.8) is 0 Å². The van der Waals surface area contributed by atoms with Gasteiger partial charge in [-0.1, -0.05) is 91.0 Å². The Bertz CT molecular complexity index is 1050. The van der Waals surface area contributed by atoms with Gasteiger partial charge in [0.25, 0.3) is 0 Å². The van der Waals surface area contributed by atoms with E-state index in [1.165, 1.54) is 6.92 Å². The van der Waals surface area contributed by atoms with Crippen molar-refractivity contribution in [1.29, 1.82) is 0 Å². The molecule has 0 radical (unpaired) electrons. The highest BCUT2D eigenvalue weighted by Crippen LogP contribution is 2.27. The van der Waals surface area contributed by atoms with Gasteiger partial charge < -0.3 is 29.4 Å². The number of hydrogen-bond donors (Lipinski definition) is 2. The number of nitrogens with one attached hydrogen (secondary N) is 1. The zero-order valence-corrected chi connectivity index (χ0v) is 20.4. The van der Waals surface area contributed by atoms with E-state index in [9.17, 15) is 9.90 Å². The molecule has 1 saturated heterocycles. The van der Waals surface area contributed by atoms with E-state index in [-0.39, 0.29) is 25.7 Å². The van der Waals surface area contributed by atoms with Crippen LogP contribution in [0.5, 0.6) is 0 Å². The Morgan fingerprint density at radius 1 is 0.806 bits per heavy atom. The summed E-state index contributed by atoms with van der Waals surface area (Å²) in [5, 5.41) is 14.1. The maximum Gasteiger partial charge on any atom is 0.217 e. The van der Waals surface area contributed by atoms with Crippen LogP contribution in [0.25, 0.3) is 0 Å². The van der Waals surface area contributed by atoms with Crippen molar-refractivity contribution in [2.75, 3.05) is 6.61 Å². The number of carbonyl (C=O) groups excluding carboxylic acids is 1. The molecular weight excluding hydrogens is 458 g/mol. The maximum atomic E-state index is 12.1. The van der Waals surface area contributed by atoms with Crippen LogP contribution >= 0.6 is 0 Å². The molecule has 1 fully saturated rings. The molecular formula is C29H33NO6. The molecule has 1 aliphatic rings. The molecule has 3 aromatic rings. The van der Waals surface area contributed by atoms with Gasteiger partial charge in [-0.15, -0.1) is 0 Å². The number of hydrogen-bond acceptors (Lipinski definition) is 6. The molecule has 0 aromatic heterocycles. The van der Waals surface area contributed by atoms with Crippen LogP contribution in [0.2, 0.25) is 0 Å². The van der Waals surface area contributed by atoms with E-state index in [2.05, 4.69) is 5.32 Å². The summed E-state index contributed by atoms with van der Waals surface area (Å²) in [6.07, 6.45) is -3.37. The smallest absolute Gasteiger partial charge is 0.217 e. The number of amides is 1. The van der Waals surface area contributed by atoms with Crippen molar-refractivity contribution >= 4 is 5.91 Å². The van der Waals surface area contributed by atoms with Crippen molar-refractivity contribution in [2.24, 2.45) is 0 Å². The lowest BCUT2D eigenvalue weighted by atomic mass is 9.96. The van der Waals surface area contributed by atoms with Crippen LogP contribution in [0.4, 0.5) is 0 Å². The fourth-order valence-electron chi connectivity index (χ4n) is 4.17. The van der Waals surface area contributed by atoms with Crippen LogP contribution in [0.3, 0.4) is 0 Å². The van der Waals surface area contributed by atoms with E-state index in [1.54, 1.807) is 0 Å². The van der Waals surface area contributed by atoms with E-state index < -0.39 is 30.6 Å². The summed E-state index contributed by atoms with van der Waals surface area (Å²) in [5.74, 6) is -0.267. The molecule has 5 unspecified atom stereocenters. The Balaban J connectivity index is 1.49. The molecule has 0 spiro atoms. The molecule has 1 aliphatic heterocycles. The van der Waals surface area contributed by atoms with Gasteiger partial charge in [0.2, 0.25) is 5.91 Å². The van der Waals surface area contributed by atoms with Crippen LogP contribution in [-0.2, 0) is 43.6 Å². The number of carbonyl (C=O) groups is 1. The summed E-state index contributed by atoms with van der Waals surface area (Å²) in [6.45, 7) is 2.49. The number of aliphatic hydroxyl groups is 1. The molecule has 0 saturated carbocycles. The summed E-state index contributed by atoms with van der Waals surface area (Å²) in [5.41, 5.74) is 2.94. The highest BCUT2D eigenvalue weighted by Gasteiger charge is 2.47. The van der Waals surface area contributed by atoms with Crippen LogP contribution in [0.1, 0.15) is 23.6 Å². The maximum absolute atomic E-state index is 12.1. The van der Waals surface area contributed by atoms with Gasteiger partial charge in [0, 0.05) is 6.92 Å². The van der Waals surface area contributed by atoms with Gasteiger partial charge >= 0.3 is 0 Å². The van der Waals surface area contributed by atoms with Gasteiger partial charge in [-0.3, -0.25) is 4.79 Å². The monoisotopic (exact) mass is 491 g/mol. The number of rotatable bonds is 11. The zero-order chi connectivity index (χ0) is 25.2. The van der Waals surface area contributed by atoms with Gasteiger partial charge in [-0.05, 0) is 16.7 Å². The van der Waals surface area contributed by atoms with E-state index in [0.717, 1.165) is 16.7 Å². The molecule has 190 valence electrons. The van der Waals surface area contributed by atoms with E-state index in [0.29, 0.717) is 6.61 Å². The largest absolute Gasteiger partial charge is 0.388 e. The number of aliphatic hydroxyl groups excluding tert-OH is 1. The van der Waals surface area contributed by atoms with Crippen molar-refractivity contribution in [1.82, 2.24) is 5.32 Å². The fourth-order valence-corrected chi connectivity index (χ4v) is 4.17. The van der Waals surface area contributed by atoms with Gasteiger partial charge in [0.1, 0.15) is 24.4 Å². The zero-order valence-electron chi connectivity index (χ0n) is 20.4. The number of ether oxygens (including phenoxy) is 4. The van der Waals surface area contributed by atoms with E-state index in [1.807, 2.05) is 91.0 Å². The second kappa shape index (κ2) is 13.3. The van der Waals surface area contributed by atoms with Crippen LogP contribution in [-0.4, -0.2) is 48.3 Å². The summed E-state index contributed by atoms with van der Waals surface area (Å²) in [6, 6.07) is 28.5. The standard InChI is InChI=1S/C29H33NO6/c1-21(31)30-26-28(34-18-23-13-7-3-8-14-23)27(32)25(20-33-17-22-11-5-2-6-12-22)36-29(26)35-19-24-15-9-4-10-16-24/h2-16,25-29,32H,17-20H2,1H3,(H,30,31). The lowest BCUT2D eigenvalue weighted by Gasteiger charge is -2.44. The third-order valence-electron chi connectivity index (χ3n) is 5.98. The predicted molar refractivity (Wildman–Crippen MR) is 135 cm³/mol. The fraction of sp³-hybridized carbons (Fsp3) is 0.345. The normalized spacial score (nSPS) is 23.8. The average molecular weight is 492 g/mol. The minimum Gasteiger partial charge on any atom is -0.388 e. The molecule has 3 aromatic carbocycles. The van der Waals surface area contributed by atoms with Crippen LogP contribution in [0.15, 0.2) is 91.0 Å². The first kappa shape index (κ1) is 26.0. The Labute approximate surface area is 212 Å². The quantitative estimate of drug-likeness (QED) is 0.426. The molecule has 7 heteroatoms. The highest BCUT2D eigenvalue weighted by molar-refractivity contribution is 5.73. The molecule has 5 atom stereocenters. The summed E-state index contributed by atoms with van der Waals surface area (Å²) in [4.78, 5) is 12.1. The Hall–Kier alpha value is -3.07. The molecule has 36 heavy (non-hydrogen) atoms. The average Bonchev–Trinajstić information content (AvgIpc) is 2.90. The van der Waals surface area contributed by atoms with Gasteiger partial charge in [-0.25, -0.2) is 0 Å². The molecule has 0 bridgehead atoms. The summed E-state index contributed by atoms with van der Waals surface area (Å²) >= 11 is 0. The minimum absolute atomic E-state index is 0.138. The van der Waals surface area contributed by atoms with Gasteiger partial charge in [-0.2, -0.15) is 0 Å². The van der Waals surface area contributed by atoms with Crippen molar-refractivity contribution in [3.05, 3.63) is 108 Å². The van der Waals surface area contributed by atoms with Gasteiger partial charge in [0.05, 0.1) is 26.4 Å². The highest BCUT2D eigenvalue weighted by atomic mass is 16.7. The first-order chi connectivity index (χ1) is 17.6.